The monoisotopic (exact) mass is 550 g/mol. The van der Waals surface area contributed by atoms with Gasteiger partial charge in [0.1, 0.15) is 18.1 Å². The second-order valence-electron chi connectivity index (χ2n) is 10.8. The molecule has 1 saturated heterocycles. The average Bonchev–Trinajstić information content (AvgIpc) is 3.59. The summed E-state index contributed by atoms with van der Waals surface area (Å²) in [6.07, 6.45) is 7.06. The molecular formula is C32H34N6O3. The molecule has 0 unspecified atom stereocenters. The smallest absolute Gasteiger partial charge is 0.257 e. The molecule has 5 aromatic rings. The van der Waals surface area contributed by atoms with Crippen LogP contribution in [0.2, 0.25) is 0 Å². The van der Waals surface area contributed by atoms with Crippen LogP contribution in [0.25, 0.3) is 33.4 Å². The lowest BCUT2D eigenvalue weighted by Gasteiger charge is -2.26. The zero-order chi connectivity index (χ0) is 28.3. The van der Waals surface area contributed by atoms with Crippen molar-refractivity contribution in [3.63, 3.8) is 0 Å². The summed E-state index contributed by atoms with van der Waals surface area (Å²) in [4.78, 5) is 33.8. The van der Waals surface area contributed by atoms with Crippen LogP contribution < -0.4 is 16.0 Å². The maximum absolute atomic E-state index is 12.9. The van der Waals surface area contributed by atoms with E-state index in [0.717, 1.165) is 41.9 Å². The predicted molar refractivity (Wildman–Crippen MR) is 160 cm³/mol. The summed E-state index contributed by atoms with van der Waals surface area (Å²) < 4.78 is 7.74. The normalized spacial score (nSPS) is 14.0. The Bertz CT molecular complexity index is 1740. The quantitative estimate of drug-likeness (QED) is 0.245. The molecule has 41 heavy (non-hydrogen) atoms. The highest BCUT2D eigenvalue weighted by Gasteiger charge is 2.18. The lowest BCUT2D eigenvalue weighted by Crippen LogP contribution is -2.33. The summed E-state index contributed by atoms with van der Waals surface area (Å²) in [6.45, 7) is 6.37. The van der Waals surface area contributed by atoms with Crippen LogP contribution in [-0.4, -0.2) is 56.8 Å². The summed E-state index contributed by atoms with van der Waals surface area (Å²) in [5.41, 5.74) is 11.0. The van der Waals surface area contributed by atoms with Crippen molar-refractivity contribution in [3.05, 3.63) is 94.0 Å². The number of ether oxygens (including phenoxy) is 1. The number of pyridine rings is 1. The van der Waals surface area contributed by atoms with E-state index in [0.29, 0.717) is 35.7 Å². The number of nitrogens with two attached hydrogens (primary N) is 1. The zero-order valence-corrected chi connectivity index (χ0v) is 23.2. The van der Waals surface area contributed by atoms with Crippen LogP contribution in [0.3, 0.4) is 0 Å². The summed E-state index contributed by atoms with van der Waals surface area (Å²) in [5, 5.41) is 5.61. The number of nitrogens with zero attached hydrogens (tertiary/aromatic N) is 3. The Morgan fingerprint density at radius 2 is 1.85 bits per heavy atom. The number of amides is 1. The van der Waals surface area contributed by atoms with E-state index in [1.807, 2.05) is 55.5 Å². The molecule has 1 aliphatic heterocycles. The van der Waals surface area contributed by atoms with Gasteiger partial charge < -0.3 is 20.4 Å². The fourth-order valence-electron chi connectivity index (χ4n) is 5.42. The molecule has 3 aromatic heterocycles. The van der Waals surface area contributed by atoms with Crippen molar-refractivity contribution in [2.75, 3.05) is 26.2 Å². The number of benzene rings is 2. The van der Waals surface area contributed by atoms with Gasteiger partial charge in [0.2, 0.25) is 0 Å². The van der Waals surface area contributed by atoms with Crippen molar-refractivity contribution < 1.29 is 9.53 Å². The molecule has 1 fully saturated rings. The molecule has 0 spiro atoms. The van der Waals surface area contributed by atoms with Crippen molar-refractivity contribution in [2.24, 2.45) is 5.73 Å². The van der Waals surface area contributed by atoms with Gasteiger partial charge in [0.15, 0.2) is 0 Å². The molecular weight excluding hydrogens is 516 g/mol. The van der Waals surface area contributed by atoms with E-state index in [4.69, 9.17) is 10.5 Å². The largest absolute Gasteiger partial charge is 0.492 e. The van der Waals surface area contributed by atoms with E-state index in [2.05, 4.69) is 20.0 Å². The number of piperidine rings is 1. The molecule has 0 bridgehead atoms. The first-order chi connectivity index (χ1) is 19.9. The molecule has 210 valence electrons. The highest BCUT2D eigenvalue weighted by molar-refractivity contribution is 5.99. The molecule has 2 aromatic carbocycles. The van der Waals surface area contributed by atoms with Crippen LogP contribution in [-0.2, 0) is 6.54 Å². The van der Waals surface area contributed by atoms with E-state index in [1.165, 1.54) is 24.8 Å². The first-order valence-electron chi connectivity index (χ1n) is 14.1. The van der Waals surface area contributed by atoms with Crippen LogP contribution in [0, 0.1) is 6.92 Å². The van der Waals surface area contributed by atoms with Crippen molar-refractivity contribution in [3.8, 4) is 28.3 Å². The Labute approximate surface area is 238 Å². The second kappa shape index (κ2) is 11.5. The number of hydrogen-bond donors (Lipinski definition) is 3. The van der Waals surface area contributed by atoms with E-state index >= 15 is 0 Å². The van der Waals surface area contributed by atoms with Crippen LogP contribution in [0.15, 0.2) is 71.8 Å². The van der Waals surface area contributed by atoms with E-state index in [-0.39, 0.29) is 11.1 Å². The zero-order valence-electron chi connectivity index (χ0n) is 23.2. The van der Waals surface area contributed by atoms with Gasteiger partial charge in [-0.25, -0.2) is 0 Å². The molecule has 1 aliphatic rings. The predicted octanol–water partition coefficient (Wildman–Crippen LogP) is 4.71. The fourth-order valence-corrected chi connectivity index (χ4v) is 5.42. The summed E-state index contributed by atoms with van der Waals surface area (Å²) in [6, 6.07) is 17.7. The minimum atomic E-state index is -0.582. The van der Waals surface area contributed by atoms with Crippen LogP contribution in [0.1, 0.15) is 40.7 Å². The van der Waals surface area contributed by atoms with E-state index in [9.17, 15) is 9.59 Å². The highest BCUT2D eigenvalue weighted by Crippen LogP contribution is 2.29. The average molecular weight is 551 g/mol. The fraction of sp³-hybridized carbons (Fsp3) is 0.281. The van der Waals surface area contributed by atoms with Gasteiger partial charge in [0.25, 0.3) is 11.5 Å². The first-order valence-corrected chi connectivity index (χ1v) is 14.1. The number of aromatic nitrogens is 4. The Morgan fingerprint density at radius 1 is 1.05 bits per heavy atom. The number of carbonyl (C=O) groups excluding carboxylic acids is 1. The van der Waals surface area contributed by atoms with Gasteiger partial charge in [-0.3, -0.25) is 19.2 Å². The van der Waals surface area contributed by atoms with Gasteiger partial charge in [0.05, 0.1) is 23.4 Å². The van der Waals surface area contributed by atoms with Crippen molar-refractivity contribution in [2.45, 2.75) is 32.7 Å². The molecule has 1 amide bonds. The van der Waals surface area contributed by atoms with Gasteiger partial charge in [-0.1, -0.05) is 36.2 Å². The summed E-state index contributed by atoms with van der Waals surface area (Å²) >= 11 is 0. The lowest BCUT2D eigenvalue weighted by atomic mass is 10.1. The highest BCUT2D eigenvalue weighted by atomic mass is 16.5. The number of hydrogen-bond acceptors (Lipinski definition) is 5. The number of fused-ring (bicyclic) bond motifs is 1. The molecule has 4 heterocycles. The topological polar surface area (TPSA) is 122 Å². The molecule has 6 rings (SSSR count). The summed E-state index contributed by atoms with van der Waals surface area (Å²) in [5.74, 6) is 0.217. The molecule has 9 nitrogen and oxygen atoms in total. The Hall–Kier alpha value is -4.63. The molecule has 0 atom stereocenters. The lowest BCUT2D eigenvalue weighted by molar-refractivity contribution is 0.100. The number of primary amides is 1. The Morgan fingerprint density at radius 3 is 2.63 bits per heavy atom. The molecule has 9 heteroatoms. The first kappa shape index (κ1) is 26.6. The van der Waals surface area contributed by atoms with Crippen molar-refractivity contribution in [1.29, 1.82) is 0 Å². The van der Waals surface area contributed by atoms with Gasteiger partial charge in [-0.05, 0) is 68.8 Å². The number of carbonyl (C=O) groups is 1. The molecule has 0 saturated carbocycles. The molecule has 0 aliphatic carbocycles. The second-order valence-corrected chi connectivity index (χ2v) is 10.8. The number of aryl methyl sites for hydroxylation is 1. The number of rotatable bonds is 9. The van der Waals surface area contributed by atoms with Crippen LogP contribution in [0.5, 0.6) is 5.75 Å². The number of H-pyrrole nitrogens is 2. The van der Waals surface area contributed by atoms with Gasteiger partial charge in [-0.2, -0.15) is 5.10 Å². The third-order valence-electron chi connectivity index (χ3n) is 7.68. The maximum Gasteiger partial charge on any atom is 0.257 e. The summed E-state index contributed by atoms with van der Waals surface area (Å²) in [7, 11) is 0. The van der Waals surface area contributed by atoms with Gasteiger partial charge in [-0.15, -0.1) is 0 Å². The van der Waals surface area contributed by atoms with E-state index < -0.39 is 5.91 Å². The third-order valence-corrected chi connectivity index (χ3v) is 7.68. The van der Waals surface area contributed by atoms with Gasteiger partial charge in [0, 0.05) is 35.4 Å². The Kier molecular flexibility index (Phi) is 7.43. The number of nitrogens with one attached hydrogen (secondary N) is 2. The Balaban J connectivity index is 1.25. The van der Waals surface area contributed by atoms with Gasteiger partial charge >= 0.3 is 0 Å². The molecule has 0 radical (unpaired) electrons. The third kappa shape index (κ3) is 5.95. The maximum atomic E-state index is 12.9. The molecule has 4 N–H and O–H groups in total. The number of aromatic amines is 2. The SMILES string of the molecule is Cc1ccc(Cn2cc(C(N)=O)c(-c3c[nH]c(=O)c(-c4cc5cc(OCCN6CCCCC6)ccc5[nH]4)c3)n2)cc1. The van der Waals surface area contributed by atoms with Crippen LogP contribution in [0.4, 0.5) is 0 Å². The van der Waals surface area contributed by atoms with Crippen LogP contribution >= 0.6 is 0 Å². The minimum Gasteiger partial charge on any atom is -0.492 e. The standard InChI is InChI=1S/C32H34N6O3/c1-21-5-7-22(8-6-21)19-38-20-27(31(33)39)30(36-38)24-16-26(32(40)34-18-24)29-17-23-15-25(9-10-28(23)35-29)41-14-13-37-11-3-2-4-12-37/h5-10,15-18,20,35H,2-4,11-14,19H2,1H3,(H2,33,39)(H,34,40). The minimum absolute atomic E-state index is 0.252. The van der Waals surface area contributed by atoms with Crippen molar-refractivity contribution >= 4 is 16.8 Å². The van der Waals surface area contributed by atoms with E-state index in [1.54, 1.807) is 23.1 Å². The number of likely N-dealkylation sites (tertiary alicyclic amines) is 1. The van der Waals surface area contributed by atoms with Crippen molar-refractivity contribution in [1.82, 2.24) is 24.6 Å².